The molecule has 0 amide bonds. The number of ketones is 1. The number of hydrogen-bond acceptors (Lipinski definition) is 10. The van der Waals surface area contributed by atoms with E-state index in [0.29, 0.717) is 18.4 Å². The van der Waals surface area contributed by atoms with Crippen molar-refractivity contribution in [1.29, 1.82) is 0 Å². The Morgan fingerprint density at radius 3 is 2.03 bits per heavy atom. The van der Waals surface area contributed by atoms with Crippen molar-refractivity contribution in [2.24, 2.45) is 0 Å². The third-order valence-electron chi connectivity index (χ3n) is 3.94. The van der Waals surface area contributed by atoms with Crippen LogP contribution in [0, 0.1) is 0 Å². The van der Waals surface area contributed by atoms with Crippen LogP contribution in [-0.4, -0.2) is 51.0 Å². The van der Waals surface area contributed by atoms with Crippen LogP contribution < -0.4 is 0 Å². The van der Waals surface area contributed by atoms with Crippen molar-refractivity contribution in [3.05, 3.63) is 35.9 Å². The fraction of sp³-hybridized carbons (Fsp3) is 0.571. The molecule has 1 aromatic carbocycles. The summed E-state index contributed by atoms with van der Waals surface area (Å²) >= 11 is 0. The minimum absolute atomic E-state index is 0.0760. The van der Waals surface area contributed by atoms with E-state index >= 15 is 0 Å². The van der Waals surface area contributed by atoms with Gasteiger partial charge in [-0.1, -0.05) is 30.3 Å². The molecule has 1 rings (SSSR count). The second-order valence-corrected chi connectivity index (χ2v) is 10.7. The average molecular weight is 562 g/mol. The van der Waals surface area contributed by atoms with Crippen molar-refractivity contribution in [2.75, 3.05) is 13.2 Å². The fourth-order valence-corrected chi connectivity index (χ4v) is 5.17. The van der Waals surface area contributed by atoms with Gasteiger partial charge in [0.1, 0.15) is 18.7 Å². The molecule has 0 saturated heterocycles. The van der Waals surface area contributed by atoms with Gasteiger partial charge < -0.3 is 23.4 Å². The first-order chi connectivity index (χ1) is 16.7. The summed E-state index contributed by atoms with van der Waals surface area (Å²) in [6, 6.07) is 8.57. The lowest BCUT2D eigenvalue weighted by atomic mass is 10.2. The molecule has 206 valence electrons. The molecule has 0 spiro atoms. The maximum atomic E-state index is 12.8. The molecular formula is C21H30F3O10PS. The molecule has 0 heterocycles. The zero-order chi connectivity index (χ0) is 27.8. The molecule has 1 atom stereocenters. The highest BCUT2D eigenvalue weighted by Gasteiger charge is 2.52. The van der Waals surface area contributed by atoms with E-state index in [4.69, 9.17) is 13.8 Å². The van der Waals surface area contributed by atoms with E-state index in [1.54, 1.807) is 30.3 Å². The summed E-state index contributed by atoms with van der Waals surface area (Å²) < 4.78 is 92.4. The quantitative estimate of drug-likeness (QED) is 0.0985. The highest BCUT2D eigenvalue weighted by atomic mass is 32.2. The number of alkyl halides is 3. The lowest BCUT2D eigenvalue weighted by molar-refractivity contribution is -0.145. The van der Waals surface area contributed by atoms with E-state index in [-0.39, 0.29) is 25.6 Å². The maximum Gasteiger partial charge on any atom is 0.523 e. The molecule has 15 heteroatoms. The Balaban J connectivity index is 0.00000152. The Labute approximate surface area is 208 Å². The number of carbonyl (C=O) groups is 3. The van der Waals surface area contributed by atoms with Crippen LogP contribution in [0.3, 0.4) is 0 Å². The summed E-state index contributed by atoms with van der Waals surface area (Å²) in [7, 11) is -10.5. The van der Waals surface area contributed by atoms with Gasteiger partial charge in [-0.05, 0) is 32.8 Å². The van der Waals surface area contributed by atoms with E-state index < -0.39 is 47.9 Å². The summed E-state index contributed by atoms with van der Waals surface area (Å²) in [5.41, 5.74) is -5.08. The van der Waals surface area contributed by atoms with E-state index in [9.17, 15) is 40.5 Å². The van der Waals surface area contributed by atoms with E-state index in [1.807, 2.05) is 0 Å². The van der Waals surface area contributed by atoms with Crippen molar-refractivity contribution in [2.45, 2.75) is 64.4 Å². The van der Waals surface area contributed by atoms with Crippen molar-refractivity contribution in [3.8, 4) is 0 Å². The second-order valence-electron chi connectivity index (χ2n) is 6.92. The molecule has 0 aliphatic carbocycles. The minimum atomic E-state index is -6.10. The van der Waals surface area contributed by atoms with Crippen molar-refractivity contribution in [3.63, 3.8) is 0 Å². The Morgan fingerprint density at radius 2 is 1.61 bits per heavy atom. The van der Waals surface area contributed by atoms with Gasteiger partial charge in [0.15, 0.2) is 5.85 Å². The van der Waals surface area contributed by atoms with Gasteiger partial charge in [-0.25, -0.2) is 4.18 Å². The van der Waals surface area contributed by atoms with Crippen molar-refractivity contribution < 1.29 is 58.5 Å². The number of benzene rings is 1. The molecule has 0 radical (unpaired) electrons. The number of ether oxygens (including phenoxy) is 1. The molecule has 0 saturated carbocycles. The molecule has 1 aromatic rings. The Kier molecular flexibility index (Phi) is 15.6. The van der Waals surface area contributed by atoms with Gasteiger partial charge in [0, 0.05) is 19.3 Å². The zero-order valence-corrected chi connectivity index (χ0v) is 21.8. The van der Waals surface area contributed by atoms with Crippen molar-refractivity contribution >= 4 is 35.8 Å². The largest absolute Gasteiger partial charge is 0.523 e. The SMILES string of the molecule is CC(=O)CCC=O.CCOP(=O)(OCC)C(CCC(=O)OCc1ccccc1)OS(=O)(=O)C(F)(F)F. The molecule has 36 heavy (non-hydrogen) atoms. The van der Waals surface area contributed by atoms with Gasteiger partial charge in [0.05, 0.1) is 13.2 Å². The topological polar surface area (TPSA) is 139 Å². The van der Waals surface area contributed by atoms with Gasteiger partial charge >= 0.3 is 29.2 Å². The molecule has 0 aromatic heterocycles. The maximum absolute atomic E-state index is 12.8. The monoisotopic (exact) mass is 562 g/mol. The standard InChI is InChI=1S/C16H22F3O8PS.C5H8O2/c1-3-25-28(21,26-4-2)15(27-29(22,23)16(17,18)19)11-10-14(20)24-12-13-8-6-5-7-9-13;1-5(7)3-2-4-6/h5-9,15H,3-4,10-12H2,1-2H3;4H,2-3H2,1H3. The Bertz CT molecular complexity index is 958. The first kappa shape index (κ1) is 33.9. The van der Waals surface area contributed by atoms with Crippen LogP contribution in [0.4, 0.5) is 13.2 Å². The lowest BCUT2D eigenvalue weighted by Crippen LogP contribution is -2.31. The summed E-state index contributed by atoms with van der Waals surface area (Å²) in [6.07, 6.45) is 0.245. The molecule has 0 N–H and O–H groups in total. The van der Waals surface area contributed by atoms with Crippen LogP contribution in [-0.2, 0) is 53.6 Å². The van der Waals surface area contributed by atoms with Crippen molar-refractivity contribution in [1.82, 2.24) is 0 Å². The first-order valence-corrected chi connectivity index (χ1v) is 13.7. The van der Waals surface area contributed by atoms with Gasteiger partial charge in [0.25, 0.3) is 0 Å². The van der Waals surface area contributed by atoms with Crippen LogP contribution in [0.1, 0.15) is 52.0 Å². The molecular weight excluding hydrogens is 532 g/mol. The third kappa shape index (κ3) is 13.3. The van der Waals surface area contributed by atoms with Crippen LogP contribution in [0.15, 0.2) is 30.3 Å². The number of halogens is 3. The number of hydrogen-bond donors (Lipinski definition) is 0. The van der Waals surface area contributed by atoms with Gasteiger partial charge in [-0.2, -0.15) is 21.6 Å². The smallest absolute Gasteiger partial charge is 0.461 e. The average Bonchev–Trinajstić information content (AvgIpc) is 2.79. The van der Waals surface area contributed by atoms with Gasteiger partial charge in [-0.3, -0.25) is 9.36 Å². The molecule has 10 nitrogen and oxygen atoms in total. The predicted molar refractivity (Wildman–Crippen MR) is 122 cm³/mol. The Morgan fingerprint density at radius 1 is 1.06 bits per heavy atom. The summed E-state index contributed by atoms with van der Waals surface area (Å²) in [5.74, 6) is -2.95. The molecule has 0 aliphatic heterocycles. The summed E-state index contributed by atoms with van der Waals surface area (Å²) in [6.45, 7) is 3.65. The lowest BCUT2D eigenvalue weighted by Gasteiger charge is -2.25. The number of Topliss-reactive ketones (excluding diaryl/α,β-unsaturated/α-hetero) is 1. The van der Waals surface area contributed by atoms with E-state index in [2.05, 4.69) is 4.18 Å². The minimum Gasteiger partial charge on any atom is -0.461 e. The normalized spacial score (nSPS) is 12.7. The van der Waals surface area contributed by atoms with E-state index in [0.717, 1.165) is 6.29 Å². The number of aldehydes is 1. The van der Waals surface area contributed by atoms with Crippen LogP contribution >= 0.6 is 7.60 Å². The summed E-state index contributed by atoms with van der Waals surface area (Å²) in [5, 5.41) is 0. The van der Waals surface area contributed by atoms with Gasteiger partial charge in [0.2, 0.25) is 0 Å². The highest BCUT2D eigenvalue weighted by molar-refractivity contribution is 7.87. The third-order valence-corrected chi connectivity index (χ3v) is 7.44. The molecule has 0 fully saturated rings. The van der Waals surface area contributed by atoms with E-state index in [1.165, 1.54) is 20.8 Å². The number of esters is 1. The zero-order valence-electron chi connectivity index (χ0n) is 20.1. The number of rotatable bonds is 15. The molecule has 0 bridgehead atoms. The predicted octanol–water partition coefficient (Wildman–Crippen LogP) is 4.52. The van der Waals surface area contributed by atoms with Crippen LogP contribution in [0.25, 0.3) is 0 Å². The van der Waals surface area contributed by atoms with Crippen LogP contribution in [0.5, 0.6) is 0 Å². The van der Waals surface area contributed by atoms with Gasteiger partial charge in [-0.15, -0.1) is 0 Å². The summed E-state index contributed by atoms with van der Waals surface area (Å²) in [4.78, 5) is 31.5. The van der Waals surface area contributed by atoms with Crippen LogP contribution in [0.2, 0.25) is 0 Å². The highest BCUT2D eigenvalue weighted by Crippen LogP contribution is 2.56. The fourth-order valence-electron chi connectivity index (χ4n) is 2.34. The Hall–Kier alpha value is -2.12. The number of carbonyl (C=O) groups excluding carboxylic acids is 3. The molecule has 1 unspecified atom stereocenters. The second kappa shape index (κ2) is 16.6. The molecule has 0 aliphatic rings. The first-order valence-electron chi connectivity index (χ1n) is 10.7.